The van der Waals surface area contributed by atoms with Crippen molar-refractivity contribution in [3.05, 3.63) is 30.3 Å². The largest absolute Gasteiger partial charge is 0.507 e. The van der Waals surface area contributed by atoms with Gasteiger partial charge >= 0.3 is 0 Å². The summed E-state index contributed by atoms with van der Waals surface area (Å²) in [6, 6.07) is 7.94. The number of phenolic OH excluding ortho intramolecular Hbond substituents is 1. The maximum Gasteiger partial charge on any atom is 0.294 e. The number of rotatable bonds is 1. The van der Waals surface area contributed by atoms with Crippen molar-refractivity contribution in [3.63, 3.8) is 0 Å². The molecule has 0 bridgehead atoms. The molecule has 0 heterocycles. The van der Waals surface area contributed by atoms with Crippen LogP contribution in [0.3, 0.4) is 0 Å². The minimum absolute atomic E-state index is 0.249. The van der Waals surface area contributed by atoms with Crippen molar-refractivity contribution < 1.29 is 18.1 Å². The molecule has 1 radical (unpaired) electrons. The number of nitrogen functional groups attached to an aromatic ring is 1. The van der Waals surface area contributed by atoms with Gasteiger partial charge in [0, 0.05) is 23.2 Å². The van der Waals surface area contributed by atoms with Crippen LogP contribution in [0.15, 0.2) is 29.2 Å². The number of hydrogen-bond donors (Lipinski definition) is 3. The number of benzene rings is 2. The summed E-state index contributed by atoms with van der Waals surface area (Å²) in [5.41, 5.74) is 5.80. The summed E-state index contributed by atoms with van der Waals surface area (Å²) < 4.78 is 30.7. The van der Waals surface area contributed by atoms with Crippen molar-refractivity contribution in [1.29, 1.82) is 0 Å². The molecule has 0 fully saturated rings. The molecular weight excluding hydrogens is 230 g/mol. The van der Waals surface area contributed by atoms with Gasteiger partial charge in [0.2, 0.25) is 0 Å². The molecule has 0 spiro atoms. The molecular formula is C10H8NO4S. The van der Waals surface area contributed by atoms with Gasteiger partial charge in [-0.25, -0.2) is 0 Å². The Kier molecular flexibility index (Phi) is 2.25. The van der Waals surface area contributed by atoms with E-state index in [2.05, 4.69) is 6.07 Å². The second kappa shape index (κ2) is 3.36. The first-order valence-electron chi connectivity index (χ1n) is 4.30. The SMILES string of the molecule is Nc1[c]c2cc(S(=O)(=O)O)cc(O)c2cc1. The number of hydrogen-bond acceptors (Lipinski definition) is 4. The number of anilines is 1. The second-order valence-corrected chi connectivity index (χ2v) is 4.71. The standard InChI is InChI=1S/C10H8NO4S/c11-7-1-2-9-6(3-7)4-8(5-10(9)12)16(13,14)15/h1-2,4-5,12H,11H2,(H,13,14,15). The highest BCUT2D eigenvalue weighted by atomic mass is 32.2. The smallest absolute Gasteiger partial charge is 0.294 e. The Morgan fingerprint density at radius 3 is 2.56 bits per heavy atom. The molecule has 2 aromatic carbocycles. The van der Waals surface area contributed by atoms with Gasteiger partial charge in [-0.2, -0.15) is 8.42 Å². The number of aromatic hydroxyl groups is 1. The van der Waals surface area contributed by atoms with E-state index < -0.39 is 10.1 Å². The first-order chi connectivity index (χ1) is 7.38. The Hall–Kier alpha value is -1.79. The molecule has 2 aromatic rings. The van der Waals surface area contributed by atoms with Crippen molar-refractivity contribution in [2.75, 3.05) is 5.73 Å². The van der Waals surface area contributed by atoms with Gasteiger partial charge in [-0.05, 0) is 23.6 Å². The topological polar surface area (TPSA) is 101 Å². The van der Waals surface area contributed by atoms with Crippen LogP contribution < -0.4 is 5.73 Å². The van der Waals surface area contributed by atoms with E-state index in [-0.39, 0.29) is 10.6 Å². The van der Waals surface area contributed by atoms with E-state index in [9.17, 15) is 13.5 Å². The molecule has 0 aromatic heterocycles. The zero-order valence-corrected chi connectivity index (χ0v) is 8.82. The van der Waals surface area contributed by atoms with E-state index in [1.807, 2.05) is 0 Å². The zero-order chi connectivity index (χ0) is 11.9. The molecule has 0 saturated heterocycles. The van der Waals surface area contributed by atoms with E-state index in [0.717, 1.165) is 6.07 Å². The lowest BCUT2D eigenvalue weighted by atomic mass is 10.1. The van der Waals surface area contributed by atoms with Crippen LogP contribution in [0.1, 0.15) is 0 Å². The molecule has 2 rings (SSSR count). The van der Waals surface area contributed by atoms with Crippen LogP contribution in [0.5, 0.6) is 5.75 Å². The Morgan fingerprint density at radius 2 is 1.94 bits per heavy atom. The lowest BCUT2D eigenvalue weighted by Crippen LogP contribution is -1.98. The normalized spacial score (nSPS) is 11.8. The molecule has 4 N–H and O–H groups in total. The van der Waals surface area contributed by atoms with E-state index in [1.165, 1.54) is 12.1 Å². The molecule has 0 amide bonds. The van der Waals surface area contributed by atoms with Crippen LogP contribution >= 0.6 is 0 Å². The van der Waals surface area contributed by atoms with Crippen LogP contribution in [0.2, 0.25) is 0 Å². The molecule has 83 valence electrons. The van der Waals surface area contributed by atoms with Crippen molar-refractivity contribution in [2.45, 2.75) is 4.90 Å². The molecule has 6 heteroatoms. The van der Waals surface area contributed by atoms with Gasteiger partial charge in [0.05, 0.1) is 4.90 Å². The lowest BCUT2D eigenvalue weighted by Gasteiger charge is -2.04. The Balaban J connectivity index is 2.85. The highest BCUT2D eigenvalue weighted by Gasteiger charge is 2.13. The monoisotopic (exact) mass is 238 g/mol. The summed E-state index contributed by atoms with van der Waals surface area (Å²) in [6.45, 7) is 0. The lowest BCUT2D eigenvalue weighted by molar-refractivity contribution is 0.471. The second-order valence-electron chi connectivity index (χ2n) is 3.29. The average molecular weight is 238 g/mol. The minimum atomic E-state index is -4.35. The van der Waals surface area contributed by atoms with Gasteiger partial charge in [-0.3, -0.25) is 4.55 Å². The first-order valence-corrected chi connectivity index (χ1v) is 5.74. The van der Waals surface area contributed by atoms with Crippen LogP contribution in [-0.4, -0.2) is 18.1 Å². The molecule has 5 nitrogen and oxygen atoms in total. The summed E-state index contributed by atoms with van der Waals surface area (Å²) in [5, 5.41) is 10.3. The van der Waals surface area contributed by atoms with E-state index in [1.54, 1.807) is 6.07 Å². The highest BCUT2D eigenvalue weighted by Crippen LogP contribution is 2.29. The van der Waals surface area contributed by atoms with Crippen molar-refractivity contribution in [2.24, 2.45) is 0 Å². The Bertz CT molecular complexity index is 664. The van der Waals surface area contributed by atoms with Gasteiger partial charge < -0.3 is 10.8 Å². The third-order valence-corrected chi connectivity index (χ3v) is 2.97. The number of nitrogens with two attached hydrogens (primary N) is 1. The van der Waals surface area contributed by atoms with Crippen molar-refractivity contribution in [1.82, 2.24) is 0 Å². The molecule has 0 unspecified atom stereocenters. The van der Waals surface area contributed by atoms with Crippen molar-refractivity contribution in [3.8, 4) is 5.75 Å². The predicted molar refractivity (Wildman–Crippen MR) is 58.7 cm³/mol. The van der Waals surface area contributed by atoms with Crippen LogP contribution in [0.4, 0.5) is 5.69 Å². The minimum Gasteiger partial charge on any atom is -0.507 e. The Morgan fingerprint density at radius 1 is 1.25 bits per heavy atom. The highest BCUT2D eigenvalue weighted by molar-refractivity contribution is 7.85. The molecule has 0 aliphatic heterocycles. The fraction of sp³-hybridized carbons (Fsp3) is 0. The zero-order valence-electron chi connectivity index (χ0n) is 8.01. The molecule has 0 saturated carbocycles. The summed E-state index contributed by atoms with van der Waals surface area (Å²) in [6.07, 6.45) is 0. The maximum atomic E-state index is 10.9. The average Bonchev–Trinajstić information content (AvgIpc) is 2.15. The first kappa shape index (κ1) is 10.7. The molecule has 0 aliphatic carbocycles. The van der Waals surface area contributed by atoms with E-state index in [0.29, 0.717) is 16.5 Å². The van der Waals surface area contributed by atoms with Crippen LogP contribution in [-0.2, 0) is 10.1 Å². The summed E-state index contributed by atoms with van der Waals surface area (Å²) in [7, 11) is -4.35. The summed E-state index contributed by atoms with van der Waals surface area (Å²) in [5.74, 6) is -0.249. The Labute approximate surface area is 91.9 Å². The number of phenols is 1. The van der Waals surface area contributed by atoms with Crippen LogP contribution in [0.25, 0.3) is 10.8 Å². The third kappa shape index (κ3) is 1.80. The van der Waals surface area contributed by atoms with E-state index in [4.69, 9.17) is 10.3 Å². The molecule has 0 atom stereocenters. The van der Waals surface area contributed by atoms with Crippen LogP contribution in [0, 0.1) is 6.07 Å². The predicted octanol–water partition coefficient (Wildman–Crippen LogP) is 1.17. The van der Waals surface area contributed by atoms with Gasteiger partial charge in [-0.15, -0.1) is 0 Å². The summed E-state index contributed by atoms with van der Waals surface area (Å²) in [4.78, 5) is -0.389. The third-order valence-electron chi connectivity index (χ3n) is 2.14. The fourth-order valence-corrected chi connectivity index (χ4v) is 1.94. The molecule has 16 heavy (non-hydrogen) atoms. The number of fused-ring (bicyclic) bond motifs is 1. The maximum absolute atomic E-state index is 10.9. The fourth-order valence-electron chi connectivity index (χ4n) is 1.41. The van der Waals surface area contributed by atoms with Gasteiger partial charge in [-0.1, -0.05) is 0 Å². The van der Waals surface area contributed by atoms with E-state index >= 15 is 0 Å². The van der Waals surface area contributed by atoms with Gasteiger partial charge in [0.1, 0.15) is 5.75 Å². The quantitative estimate of drug-likeness (QED) is 0.511. The summed E-state index contributed by atoms with van der Waals surface area (Å²) >= 11 is 0. The molecule has 0 aliphatic rings. The van der Waals surface area contributed by atoms with Gasteiger partial charge in [0.15, 0.2) is 0 Å². The van der Waals surface area contributed by atoms with Gasteiger partial charge in [0.25, 0.3) is 10.1 Å². The van der Waals surface area contributed by atoms with Crippen molar-refractivity contribution >= 4 is 26.6 Å².